The van der Waals surface area contributed by atoms with E-state index in [1.807, 2.05) is 13.8 Å². The molecule has 1 amide bonds. The van der Waals surface area contributed by atoms with Crippen molar-refractivity contribution in [2.45, 2.75) is 38.9 Å². The molecule has 14 heteroatoms. The predicted octanol–water partition coefficient (Wildman–Crippen LogP) is 3.56. The van der Waals surface area contributed by atoms with E-state index in [0.29, 0.717) is 17.4 Å². The molecule has 3 N–H and O–H groups in total. The van der Waals surface area contributed by atoms with E-state index in [0.717, 1.165) is 10.6 Å². The highest BCUT2D eigenvalue weighted by molar-refractivity contribution is 7.92. The zero-order valence-electron chi connectivity index (χ0n) is 22.4. The molecule has 1 aromatic carbocycles. The highest BCUT2D eigenvalue weighted by Crippen LogP contribution is 2.32. The summed E-state index contributed by atoms with van der Waals surface area (Å²) in [6, 6.07) is 8.97. The topological polar surface area (TPSA) is 137 Å². The molecule has 0 spiro atoms. The van der Waals surface area contributed by atoms with Crippen molar-refractivity contribution in [2.24, 2.45) is 5.92 Å². The van der Waals surface area contributed by atoms with Crippen molar-refractivity contribution in [1.29, 1.82) is 0 Å². The maximum absolute atomic E-state index is 13.8. The second kappa shape index (κ2) is 12.6. The fourth-order valence-corrected chi connectivity index (χ4v) is 4.24. The molecule has 2 aromatic heterocycles. The molecule has 216 valence electrons. The van der Waals surface area contributed by atoms with Crippen LogP contribution >= 0.6 is 0 Å². The van der Waals surface area contributed by atoms with E-state index >= 15 is 0 Å². The van der Waals surface area contributed by atoms with E-state index in [4.69, 9.17) is 0 Å². The zero-order chi connectivity index (χ0) is 29.7. The summed E-state index contributed by atoms with van der Waals surface area (Å²) in [4.78, 5) is 24.6. The van der Waals surface area contributed by atoms with E-state index in [-0.39, 0.29) is 48.4 Å². The number of nitrogens with one attached hydrogen (secondary N) is 2. The van der Waals surface area contributed by atoms with Crippen molar-refractivity contribution < 1.29 is 31.5 Å². The number of alkyl halides is 3. The Morgan fingerprint density at radius 1 is 1.12 bits per heavy atom. The number of rotatable bonds is 11. The maximum atomic E-state index is 13.8. The number of anilines is 3. The molecule has 40 heavy (non-hydrogen) atoms. The molecule has 0 saturated heterocycles. The van der Waals surface area contributed by atoms with Gasteiger partial charge in [-0.2, -0.15) is 13.2 Å². The van der Waals surface area contributed by atoms with Gasteiger partial charge in [0.1, 0.15) is 5.82 Å². The Hall–Kier alpha value is -3.78. The number of halogens is 3. The normalized spacial score (nSPS) is 12.7. The van der Waals surface area contributed by atoms with Crippen LogP contribution in [0.5, 0.6) is 0 Å². The van der Waals surface area contributed by atoms with Crippen LogP contribution in [0.4, 0.5) is 30.6 Å². The summed E-state index contributed by atoms with van der Waals surface area (Å²) in [5.41, 5.74) is -0.240. The smallest absolute Gasteiger partial charge is 0.394 e. The molecule has 10 nitrogen and oxygen atoms in total. The van der Waals surface area contributed by atoms with Crippen molar-refractivity contribution in [1.82, 2.24) is 20.3 Å². The fraction of sp³-hybridized carbons (Fsp3) is 0.385. The van der Waals surface area contributed by atoms with Crippen LogP contribution in [-0.2, 0) is 29.0 Å². The SMILES string of the molecule is CC(C)[C@H](CO)NC(=O)c1cccc(Nc2ncc(C(F)(F)F)c(CCc3cccnc3N(C)S(C)(=O)=O)n2)c1. The van der Waals surface area contributed by atoms with E-state index < -0.39 is 33.7 Å². The van der Waals surface area contributed by atoms with Crippen LogP contribution in [0.1, 0.15) is 41.0 Å². The molecule has 3 rings (SSSR count). The number of aryl methyl sites for hydroxylation is 2. The van der Waals surface area contributed by atoms with Crippen LogP contribution in [0.25, 0.3) is 0 Å². The maximum Gasteiger partial charge on any atom is 0.419 e. The largest absolute Gasteiger partial charge is 0.419 e. The van der Waals surface area contributed by atoms with Crippen molar-refractivity contribution >= 4 is 33.4 Å². The molecular formula is C26H31F3N6O4S. The van der Waals surface area contributed by atoms with Crippen LogP contribution in [0.3, 0.4) is 0 Å². The van der Waals surface area contributed by atoms with Crippen molar-refractivity contribution in [3.8, 4) is 0 Å². The lowest BCUT2D eigenvalue weighted by atomic mass is 10.0. The first kappa shape index (κ1) is 30.8. The number of benzene rings is 1. The first-order chi connectivity index (χ1) is 18.7. The Bertz CT molecular complexity index is 1450. The molecule has 0 unspecified atom stereocenters. The number of carbonyl (C=O) groups excluding carboxylic acids is 1. The molecule has 0 radical (unpaired) electrons. The number of sulfonamides is 1. The van der Waals surface area contributed by atoms with Gasteiger partial charge in [0.05, 0.1) is 30.2 Å². The minimum atomic E-state index is -4.72. The van der Waals surface area contributed by atoms with Gasteiger partial charge in [0.2, 0.25) is 16.0 Å². The van der Waals surface area contributed by atoms with Gasteiger partial charge in [0, 0.05) is 30.7 Å². The number of hydrogen-bond donors (Lipinski definition) is 3. The predicted molar refractivity (Wildman–Crippen MR) is 145 cm³/mol. The third-order valence-corrected chi connectivity index (χ3v) is 7.33. The Morgan fingerprint density at radius 3 is 2.48 bits per heavy atom. The van der Waals surface area contributed by atoms with Gasteiger partial charge in [-0.3, -0.25) is 9.10 Å². The van der Waals surface area contributed by atoms with Gasteiger partial charge in [-0.05, 0) is 48.6 Å². The third-order valence-electron chi connectivity index (χ3n) is 6.17. The number of nitrogens with zero attached hydrogens (tertiary/aromatic N) is 4. The van der Waals surface area contributed by atoms with Gasteiger partial charge in [-0.25, -0.2) is 23.4 Å². The van der Waals surface area contributed by atoms with Crippen molar-refractivity contribution in [3.63, 3.8) is 0 Å². The number of pyridine rings is 1. The van der Waals surface area contributed by atoms with Crippen LogP contribution in [0.2, 0.25) is 0 Å². The van der Waals surface area contributed by atoms with Crippen molar-refractivity contribution in [3.05, 3.63) is 71.2 Å². The Labute approximate surface area is 230 Å². The van der Waals surface area contributed by atoms with Crippen LogP contribution in [0.15, 0.2) is 48.8 Å². The Kier molecular flexibility index (Phi) is 9.69. The number of amides is 1. The number of aliphatic hydroxyl groups excluding tert-OH is 1. The summed E-state index contributed by atoms with van der Waals surface area (Å²) in [6.07, 6.45) is -1.78. The van der Waals surface area contributed by atoms with Crippen LogP contribution in [-0.4, -0.2) is 60.3 Å². The summed E-state index contributed by atoms with van der Waals surface area (Å²) in [7, 11) is -2.33. The molecule has 2 heterocycles. The van der Waals surface area contributed by atoms with Gasteiger partial charge in [0.15, 0.2) is 0 Å². The van der Waals surface area contributed by atoms with Gasteiger partial charge < -0.3 is 15.7 Å². The van der Waals surface area contributed by atoms with Gasteiger partial charge >= 0.3 is 6.18 Å². The Morgan fingerprint density at radius 2 is 1.85 bits per heavy atom. The molecule has 0 bridgehead atoms. The second-order valence-electron chi connectivity index (χ2n) is 9.48. The first-order valence-corrected chi connectivity index (χ1v) is 14.1. The van der Waals surface area contributed by atoms with E-state index in [2.05, 4.69) is 25.6 Å². The molecule has 3 aromatic rings. The van der Waals surface area contributed by atoms with Crippen LogP contribution in [0, 0.1) is 5.92 Å². The Balaban J connectivity index is 1.86. The minimum absolute atomic E-state index is 0.00347. The molecule has 0 fully saturated rings. The first-order valence-electron chi connectivity index (χ1n) is 12.3. The zero-order valence-corrected chi connectivity index (χ0v) is 23.2. The summed E-state index contributed by atoms with van der Waals surface area (Å²) in [5.74, 6) is -0.418. The van der Waals surface area contributed by atoms with Gasteiger partial charge in [0.25, 0.3) is 5.91 Å². The molecule has 0 saturated carbocycles. The summed E-state index contributed by atoms with van der Waals surface area (Å²) >= 11 is 0. The number of carbonyl (C=O) groups is 1. The lowest BCUT2D eigenvalue weighted by Crippen LogP contribution is -2.41. The lowest BCUT2D eigenvalue weighted by molar-refractivity contribution is -0.138. The standard InChI is InChI=1S/C26H31F3N6O4S/c1-16(2)22(15-36)33-24(37)18-7-5-9-19(13-18)32-25-31-14-20(26(27,28)29)21(34-25)11-10-17-8-6-12-30-23(17)35(3)40(4,38)39/h5-9,12-14,16,22,36H,10-11,15H2,1-4H3,(H,33,37)(H,31,32,34)/t22-/m0/s1. The second-order valence-corrected chi connectivity index (χ2v) is 11.5. The highest BCUT2D eigenvalue weighted by Gasteiger charge is 2.35. The molecule has 0 aliphatic carbocycles. The molecule has 0 aliphatic heterocycles. The molecule has 0 aliphatic rings. The number of aliphatic hydroxyl groups is 1. The monoisotopic (exact) mass is 580 g/mol. The summed E-state index contributed by atoms with van der Waals surface area (Å²) in [6.45, 7) is 3.49. The number of aromatic nitrogens is 3. The van der Waals surface area contributed by atoms with E-state index in [9.17, 15) is 31.5 Å². The summed E-state index contributed by atoms with van der Waals surface area (Å²) < 4.78 is 66.3. The minimum Gasteiger partial charge on any atom is -0.394 e. The van der Waals surface area contributed by atoms with Gasteiger partial charge in [-0.15, -0.1) is 0 Å². The fourth-order valence-electron chi connectivity index (χ4n) is 3.77. The van der Waals surface area contributed by atoms with Crippen LogP contribution < -0.4 is 14.9 Å². The third kappa shape index (κ3) is 7.88. The highest BCUT2D eigenvalue weighted by atomic mass is 32.2. The van der Waals surface area contributed by atoms with E-state index in [1.54, 1.807) is 30.3 Å². The van der Waals surface area contributed by atoms with Gasteiger partial charge in [-0.1, -0.05) is 26.0 Å². The quantitative estimate of drug-likeness (QED) is 0.313. The number of hydrogen-bond acceptors (Lipinski definition) is 8. The summed E-state index contributed by atoms with van der Waals surface area (Å²) in [5, 5.41) is 15.1. The molecule has 1 atom stereocenters. The van der Waals surface area contributed by atoms with E-state index in [1.165, 1.54) is 19.3 Å². The average Bonchev–Trinajstić information content (AvgIpc) is 2.89. The average molecular weight is 581 g/mol. The van der Waals surface area contributed by atoms with Crippen molar-refractivity contribution in [2.75, 3.05) is 29.5 Å². The molecular weight excluding hydrogens is 549 g/mol. The lowest BCUT2D eigenvalue weighted by Gasteiger charge is -2.20.